The van der Waals surface area contributed by atoms with Gasteiger partial charge in [-0.25, -0.2) is 4.98 Å². The molecule has 2 rings (SSSR count). The monoisotopic (exact) mass is 213 g/mol. The van der Waals surface area contributed by atoms with Crippen LogP contribution >= 0.6 is 11.6 Å². The summed E-state index contributed by atoms with van der Waals surface area (Å²) in [5, 5.41) is 9.42. The fourth-order valence-electron chi connectivity index (χ4n) is 1.38. The van der Waals surface area contributed by atoms with E-state index in [-0.39, 0.29) is 13.2 Å². The Balaban J connectivity index is 2.37. The van der Waals surface area contributed by atoms with Crippen LogP contribution in [0.25, 0.3) is 0 Å². The molecular formula is C9H8ClNO3. The summed E-state index contributed by atoms with van der Waals surface area (Å²) >= 11 is 5.61. The van der Waals surface area contributed by atoms with Crippen molar-refractivity contribution in [2.75, 3.05) is 13.2 Å². The molecule has 0 amide bonds. The minimum atomic E-state index is -0.919. The molecule has 0 bridgehead atoms. The van der Waals surface area contributed by atoms with Gasteiger partial charge in [-0.1, -0.05) is 17.7 Å². The van der Waals surface area contributed by atoms with Gasteiger partial charge in [0, 0.05) is 6.20 Å². The number of aromatic nitrogens is 1. The van der Waals surface area contributed by atoms with Gasteiger partial charge in [-0.3, -0.25) is 4.79 Å². The lowest BCUT2D eigenvalue weighted by molar-refractivity contribution is -0.163. The summed E-state index contributed by atoms with van der Waals surface area (Å²) in [6.45, 7) is 0.400. The van der Waals surface area contributed by atoms with Crippen LogP contribution in [0, 0.1) is 0 Å². The molecule has 74 valence electrons. The van der Waals surface area contributed by atoms with E-state index in [4.69, 9.17) is 21.4 Å². The van der Waals surface area contributed by atoms with E-state index in [0.717, 1.165) is 0 Å². The average molecular weight is 214 g/mol. The highest BCUT2D eigenvalue weighted by Gasteiger charge is 2.48. The maximum Gasteiger partial charge on any atom is 0.318 e. The maximum absolute atomic E-state index is 11.0. The van der Waals surface area contributed by atoms with Gasteiger partial charge in [0.1, 0.15) is 10.6 Å². The summed E-state index contributed by atoms with van der Waals surface area (Å²) in [6, 6.07) is 3.26. The van der Waals surface area contributed by atoms with E-state index in [0.29, 0.717) is 10.7 Å². The van der Waals surface area contributed by atoms with Crippen molar-refractivity contribution in [1.82, 2.24) is 4.98 Å². The van der Waals surface area contributed by atoms with Crippen LogP contribution in [0.1, 0.15) is 5.56 Å². The highest BCUT2D eigenvalue weighted by atomic mass is 35.5. The molecule has 0 aromatic carbocycles. The number of hydrogen-bond donors (Lipinski definition) is 1. The number of hydrogen-bond acceptors (Lipinski definition) is 3. The Bertz CT molecular complexity index is 359. The first-order chi connectivity index (χ1) is 6.65. The lowest BCUT2D eigenvalue weighted by atomic mass is 9.79. The predicted octanol–water partition coefficient (Wildman–Crippen LogP) is 1.09. The van der Waals surface area contributed by atoms with Gasteiger partial charge in [0.25, 0.3) is 0 Å². The average Bonchev–Trinajstić information content (AvgIpc) is 2.05. The third-order valence-corrected chi connectivity index (χ3v) is 2.61. The largest absolute Gasteiger partial charge is 0.480 e. The quantitative estimate of drug-likeness (QED) is 0.747. The van der Waals surface area contributed by atoms with E-state index in [2.05, 4.69) is 4.98 Å². The summed E-state index contributed by atoms with van der Waals surface area (Å²) < 4.78 is 4.94. The first-order valence-corrected chi connectivity index (χ1v) is 4.46. The molecule has 0 unspecified atom stereocenters. The number of carboxylic acid groups (broad SMARTS) is 1. The first-order valence-electron chi connectivity index (χ1n) is 4.08. The fraction of sp³-hybridized carbons (Fsp3) is 0.333. The van der Waals surface area contributed by atoms with Gasteiger partial charge in [-0.05, 0) is 11.6 Å². The van der Waals surface area contributed by atoms with E-state index < -0.39 is 11.4 Å². The second-order valence-electron chi connectivity index (χ2n) is 3.25. The Morgan fingerprint density at radius 3 is 2.64 bits per heavy atom. The molecule has 2 heterocycles. The highest BCUT2D eigenvalue weighted by Crippen LogP contribution is 2.32. The molecule has 0 aliphatic carbocycles. The minimum absolute atomic E-state index is 0.200. The van der Waals surface area contributed by atoms with Crippen molar-refractivity contribution in [3.05, 3.63) is 29.0 Å². The minimum Gasteiger partial charge on any atom is -0.480 e. The van der Waals surface area contributed by atoms with Crippen molar-refractivity contribution in [3.63, 3.8) is 0 Å². The Kier molecular flexibility index (Phi) is 2.17. The normalized spacial score (nSPS) is 18.6. The Morgan fingerprint density at radius 2 is 2.29 bits per heavy atom. The zero-order valence-electron chi connectivity index (χ0n) is 7.24. The molecule has 0 atom stereocenters. The maximum atomic E-state index is 11.0. The SMILES string of the molecule is O=C(O)C1(c2ccc(Cl)nc2)COC1. The lowest BCUT2D eigenvalue weighted by Crippen LogP contribution is -2.53. The van der Waals surface area contributed by atoms with Crippen LogP contribution in [0.5, 0.6) is 0 Å². The van der Waals surface area contributed by atoms with E-state index in [1.165, 1.54) is 6.20 Å². The number of carboxylic acids is 1. The number of ether oxygens (including phenoxy) is 1. The number of rotatable bonds is 2. The third kappa shape index (κ3) is 1.27. The molecule has 1 aliphatic rings. The molecule has 1 aliphatic heterocycles. The van der Waals surface area contributed by atoms with Crippen molar-refractivity contribution in [3.8, 4) is 0 Å². The van der Waals surface area contributed by atoms with Crippen molar-refractivity contribution in [2.45, 2.75) is 5.41 Å². The number of aliphatic carboxylic acids is 1. The molecular weight excluding hydrogens is 206 g/mol. The topological polar surface area (TPSA) is 59.4 Å². The second kappa shape index (κ2) is 3.22. The van der Waals surface area contributed by atoms with Gasteiger partial charge in [0.05, 0.1) is 13.2 Å². The zero-order valence-corrected chi connectivity index (χ0v) is 7.99. The number of carbonyl (C=O) groups is 1. The van der Waals surface area contributed by atoms with Crippen LogP contribution in [-0.4, -0.2) is 29.3 Å². The van der Waals surface area contributed by atoms with Crippen LogP contribution in [0.15, 0.2) is 18.3 Å². The summed E-state index contributed by atoms with van der Waals surface area (Å²) in [6.07, 6.45) is 1.49. The molecule has 0 spiro atoms. The van der Waals surface area contributed by atoms with Crippen LogP contribution in [0.3, 0.4) is 0 Å². The molecule has 14 heavy (non-hydrogen) atoms. The van der Waals surface area contributed by atoms with Gasteiger partial charge in [0.15, 0.2) is 0 Å². The number of halogens is 1. The van der Waals surface area contributed by atoms with Crippen molar-refractivity contribution < 1.29 is 14.6 Å². The zero-order chi connectivity index (χ0) is 10.2. The second-order valence-corrected chi connectivity index (χ2v) is 3.64. The summed E-state index contributed by atoms with van der Waals surface area (Å²) in [5.41, 5.74) is -0.280. The molecule has 0 radical (unpaired) electrons. The van der Waals surface area contributed by atoms with Gasteiger partial charge in [-0.2, -0.15) is 0 Å². The summed E-state index contributed by atoms with van der Waals surface area (Å²) in [7, 11) is 0. The van der Waals surface area contributed by atoms with Crippen molar-refractivity contribution >= 4 is 17.6 Å². The molecule has 1 saturated heterocycles. The van der Waals surface area contributed by atoms with E-state index >= 15 is 0 Å². The fourth-order valence-corrected chi connectivity index (χ4v) is 1.49. The predicted molar refractivity (Wildman–Crippen MR) is 49.4 cm³/mol. The van der Waals surface area contributed by atoms with Crippen LogP contribution in [-0.2, 0) is 14.9 Å². The van der Waals surface area contributed by atoms with Crippen LogP contribution < -0.4 is 0 Å². The molecule has 5 heteroatoms. The molecule has 1 fully saturated rings. The van der Waals surface area contributed by atoms with Crippen molar-refractivity contribution in [2.24, 2.45) is 0 Å². The Hall–Kier alpha value is -1.13. The van der Waals surface area contributed by atoms with E-state index in [1.54, 1.807) is 12.1 Å². The number of nitrogens with zero attached hydrogens (tertiary/aromatic N) is 1. The standard InChI is InChI=1S/C9H8ClNO3/c10-7-2-1-6(3-11-7)9(8(12)13)4-14-5-9/h1-3H,4-5H2,(H,12,13). The third-order valence-electron chi connectivity index (χ3n) is 2.39. The van der Waals surface area contributed by atoms with Gasteiger partial charge < -0.3 is 9.84 Å². The summed E-state index contributed by atoms with van der Waals surface area (Å²) in [5.74, 6) is -0.882. The highest BCUT2D eigenvalue weighted by molar-refractivity contribution is 6.29. The van der Waals surface area contributed by atoms with Gasteiger partial charge in [-0.15, -0.1) is 0 Å². The van der Waals surface area contributed by atoms with Crippen LogP contribution in [0.2, 0.25) is 5.15 Å². The molecule has 1 aromatic rings. The lowest BCUT2D eigenvalue weighted by Gasteiger charge is -2.37. The summed E-state index contributed by atoms with van der Waals surface area (Å²) in [4.78, 5) is 14.9. The first kappa shape index (κ1) is 9.43. The Labute approximate surface area is 85.5 Å². The smallest absolute Gasteiger partial charge is 0.318 e. The van der Waals surface area contributed by atoms with Crippen LogP contribution in [0.4, 0.5) is 0 Å². The van der Waals surface area contributed by atoms with Crippen molar-refractivity contribution in [1.29, 1.82) is 0 Å². The van der Waals surface area contributed by atoms with E-state index in [9.17, 15) is 4.79 Å². The molecule has 1 N–H and O–H groups in total. The molecule has 1 aromatic heterocycles. The number of pyridine rings is 1. The molecule has 4 nitrogen and oxygen atoms in total. The van der Waals surface area contributed by atoms with E-state index in [1.807, 2.05) is 0 Å². The Morgan fingerprint density at radius 1 is 1.57 bits per heavy atom. The van der Waals surface area contributed by atoms with Gasteiger partial charge in [0.2, 0.25) is 0 Å². The van der Waals surface area contributed by atoms with Gasteiger partial charge >= 0.3 is 5.97 Å². The molecule has 0 saturated carbocycles.